The number of amides is 4. The van der Waals surface area contributed by atoms with Gasteiger partial charge >= 0.3 is 12.2 Å². The van der Waals surface area contributed by atoms with E-state index in [0.717, 1.165) is 25.1 Å². The van der Waals surface area contributed by atoms with Crippen LogP contribution in [0.3, 0.4) is 0 Å². The minimum absolute atomic E-state index is 0.00386. The maximum atomic E-state index is 14.3. The van der Waals surface area contributed by atoms with E-state index in [1.165, 1.54) is 18.2 Å². The van der Waals surface area contributed by atoms with Crippen LogP contribution in [-0.2, 0) is 21.7 Å². The molecule has 2 aromatic carbocycles. The van der Waals surface area contributed by atoms with Crippen LogP contribution in [0.15, 0.2) is 40.9 Å². The van der Waals surface area contributed by atoms with Crippen molar-refractivity contribution in [3.05, 3.63) is 69.2 Å². The molecule has 13 heteroatoms. The number of nitrogens with zero attached hydrogens (tertiary/aromatic N) is 2. The van der Waals surface area contributed by atoms with E-state index in [4.69, 9.17) is 0 Å². The fourth-order valence-corrected chi connectivity index (χ4v) is 4.80. The predicted octanol–water partition coefficient (Wildman–Crippen LogP) is 3.89. The molecule has 1 fully saturated rings. The Bertz CT molecular complexity index is 1240. The van der Waals surface area contributed by atoms with Gasteiger partial charge in [0.25, 0.3) is 5.91 Å². The molecule has 0 unspecified atom stereocenters. The molecule has 1 heterocycles. The number of nitrogens with one attached hydrogen (secondary N) is 1. The highest BCUT2D eigenvalue weighted by molar-refractivity contribution is 9.10. The van der Waals surface area contributed by atoms with E-state index >= 15 is 0 Å². The maximum absolute atomic E-state index is 14.3. The Morgan fingerprint density at radius 2 is 1.89 bits per heavy atom. The van der Waals surface area contributed by atoms with E-state index in [9.17, 15) is 41.4 Å². The lowest BCUT2D eigenvalue weighted by Crippen LogP contribution is -2.51. The molecule has 2 aliphatic rings. The molecule has 192 valence electrons. The van der Waals surface area contributed by atoms with Crippen LogP contribution in [0.1, 0.15) is 36.1 Å². The summed E-state index contributed by atoms with van der Waals surface area (Å²) in [6.07, 6.45) is -6.41. The molecule has 0 radical (unpaired) electrons. The van der Waals surface area contributed by atoms with E-state index in [1.807, 2.05) is 0 Å². The molecule has 1 saturated heterocycles. The second-order valence-electron chi connectivity index (χ2n) is 8.67. The van der Waals surface area contributed by atoms with Crippen LogP contribution in [0, 0.1) is 11.6 Å². The first kappa shape index (κ1) is 26.0. The predicted molar refractivity (Wildman–Crippen MR) is 118 cm³/mol. The van der Waals surface area contributed by atoms with Crippen molar-refractivity contribution in [2.75, 3.05) is 6.54 Å². The Hall–Kier alpha value is -3.06. The van der Waals surface area contributed by atoms with Gasteiger partial charge in [0, 0.05) is 13.0 Å². The topological polar surface area (TPSA) is 90.0 Å². The van der Waals surface area contributed by atoms with Gasteiger partial charge in [0.1, 0.15) is 29.8 Å². The van der Waals surface area contributed by atoms with E-state index < -0.39 is 66.4 Å². The molecule has 3 atom stereocenters. The van der Waals surface area contributed by atoms with Crippen LogP contribution in [0.2, 0.25) is 0 Å². The lowest BCUT2D eigenvalue weighted by atomic mass is 9.91. The van der Waals surface area contributed by atoms with Crippen LogP contribution >= 0.6 is 15.9 Å². The van der Waals surface area contributed by atoms with Crippen molar-refractivity contribution in [1.82, 2.24) is 15.1 Å². The summed E-state index contributed by atoms with van der Waals surface area (Å²) in [4.78, 5) is 39.9. The summed E-state index contributed by atoms with van der Waals surface area (Å²) in [6.45, 7) is -0.840. The summed E-state index contributed by atoms with van der Waals surface area (Å²) >= 11 is 2.99. The van der Waals surface area contributed by atoms with Gasteiger partial charge in [0.2, 0.25) is 5.91 Å². The Balaban J connectivity index is 1.62. The van der Waals surface area contributed by atoms with Gasteiger partial charge < -0.3 is 15.3 Å². The zero-order valence-electron chi connectivity index (χ0n) is 18.6. The number of alkyl halides is 3. The van der Waals surface area contributed by atoms with Crippen molar-refractivity contribution in [1.29, 1.82) is 0 Å². The summed E-state index contributed by atoms with van der Waals surface area (Å²) < 4.78 is 68.1. The average molecular weight is 576 g/mol. The zero-order chi connectivity index (χ0) is 26.6. The number of hydrogen-bond acceptors (Lipinski definition) is 4. The third-order valence-corrected chi connectivity index (χ3v) is 7.02. The highest BCUT2D eigenvalue weighted by Gasteiger charge is 2.58. The molecule has 2 aromatic rings. The molecule has 7 nitrogen and oxygen atoms in total. The average Bonchev–Trinajstić information content (AvgIpc) is 3.19. The second-order valence-corrected chi connectivity index (χ2v) is 9.52. The molecule has 2 N–H and O–H groups in total. The van der Waals surface area contributed by atoms with Crippen molar-refractivity contribution in [2.45, 2.75) is 43.8 Å². The SMILES string of the molecule is C[C@H](N(Cc1ccc(F)cc1)C(=O)CN1C(=O)N[C@]2(C[C@H](O)c3cc(Br)c(F)cc32)C1=O)C(F)(F)F. The summed E-state index contributed by atoms with van der Waals surface area (Å²) in [5, 5.41) is 12.8. The molecular weight excluding hydrogens is 557 g/mol. The quantitative estimate of drug-likeness (QED) is 0.418. The van der Waals surface area contributed by atoms with Crippen LogP contribution in [0.5, 0.6) is 0 Å². The molecular formula is C23H19BrF5N3O4. The number of urea groups is 1. The lowest BCUT2D eigenvalue weighted by Gasteiger charge is -2.32. The summed E-state index contributed by atoms with van der Waals surface area (Å²) in [6, 6.07) is 3.37. The van der Waals surface area contributed by atoms with E-state index in [0.29, 0.717) is 9.80 Å². The number of fused-ring (bicyclic) bond motifs is 2. The molecule has 4 amide bonds. The third-order valence-electron chi connectivity index (χ3n) is 6.41. The molecule has 1 spiro atoms. The molecule has 0 bridgehead atoms. The Kier molecular flexibility index (Phi) is 6.58. The lowest BCUT2D eigenvalue weighted by molar-refractivity contribution is -0.187. The molecule has 0 saturated carbocycles. The van der Waals surface area contributed by atoms with Crippen LogP contribution < -0.4 is 5.32 Å². The summed E-state index contributed by atoms with van der Waals surface area (Å²) in [5.74, 6) is -3.57. The van der Waals surface area contributed by atoms with Gasteiger partial charge in [-0.15, -0.1) is 0 Å². The van der Waals surface area contributed by atoms with Gasteiger partial charge in [-0.1, -0.05) is 12.1 Å². The standard InChI is InChI=1S/C23H19BrF5N3O4/c1-11(23(27,28)29)31(9-12-2-4-13(25)5-3-12)19(34)10-32-20(35)22(30-21(32)36)8-18(33)14-6-16(24)17(26)7-15(14)22/h2-7,11,18,33H,8-10H2,1H3,(H,30,36)/t11-,18-,22-/m0/s1. The van der Waals surface area contributed by atoms with Crippen molar-refractivity contribution in [3.63, 3.8) is 0 Å². The number of carbonyl (C=O) groups is 3. The van der Waals surface area contributed by atoms with Crippen LogP contribution in [0.25, 0.3) is 0 Å². The number of carbonyl (C=O) groups excluding carboxylic acids is 3. The Morgan fingerprint density at radius 3 is 2.50 bits per heavy atom. The van der Waals surface area contributed by atoms with Gasteiger partial charge in [-0.3, -0.25) is 14.5 Å². The Morgan fingerprint density at radius 1 is 1.25 bits per heavy atom. The monoisotopic (exact) mass is 575 g/mol. The summed E-state index contributed by atoms with van der Waals surface area (Å²) in [5.41, 5.74) is -1.49. The number of halogens is 6. The third kappa shape index (κ3) is 4.45. The maximum Gasteiger partial charge on any atom is 0.408 e. The number of aliphatic hydroxyl groups is 1. The molecule has 36 heavy (non-hydrogen) atoms. The minimum atomic E-state index is -4.83. The second kappa shape index (κ2) is 9.11. The molecule has 0 aromatic heterocycles. The smallest absolute Gasteiger partial charge is 0.388 e. The van der Waals surface area contributed by atoms with Gasteiger partial charge in [-0.05, 0) is 63.8 Å². The first-order valence-corrected chi connectivity index (χ1v) is 11.5. The van der Waals surface area contributed by atoms with Crippen molar-refractivity contribution in [2.24, 2.45) is 0 Å². The first-order chi connectivity index (χ1) is 16.7. The Labute approximate surface area is 210 Å². The van der Waals surface area contributed by atoms with Crippen molar-refractivity contribution in [3.8, 4) is 0 Å². The van der Waals surface area contributed by atoms with Crippen LogP contribution in [-0.4, -0.2) is 51.5 Å². The number of benzene rings is 2. The number of hydrogen-bond donors (Lipinski definition) is 2. The van der Waals surface area contributed by atoms with E-state index in [2.05, 4.69) is 21.2 Å². The fourth-order valence-electron chi connectivity index (χ4n) is 4.44. The summed E-state index contributed by atoms with van der Waals surface area (Å²) in [7, 11) is 0. The zero-order valence-corrected chi connectivity index (χ0v) is 20.2. The van der Waals surface area contributed by atoms with E-state index in [1.54, 1.807) is 0 Å². The van der Waals surface area contributed by atoms with Gasteiger partial charge in [0.05, 0.1) is 10.6 Å². The first-order valence-electron chi connectivity index (χ1n) is 10.7. The fraction of sp³-hybridized carbons (Fsp3) is 0.348. The van der Waals surface area contributed by atoms with Crippen molar-refractivity contribution < 1.29 is 41.4 Å². The normalized spacial score (nSPS) is 22.1. The number of rotatable bonds is 5. The van der Waals surface area contributed by atoms with Crippen molar-refractivity contribution >= 4 is 33.8 Å². The number of imide groups is 1. The highest BCUT2D eigenvalue weighted by Crippen LogP contribution is 2.48. The van der Waals surface area contributed by atoms with E-state index in [-0.39, 0.29) is 27.6 Å². The highest BCUT2D eigenvalue weighted by atomic mass is 79.9. The number of aliphatic hydroxyl groups excluding tert-OH is 1. The minimum Gasteiger partial charge on any atom is -0.388 e. The van der Waals surface area contributed by atoms with Gasteiger partial charge in [0.15, 0.2) is 0 Å². The van der Waals surface area contributed by atoms with Gasteiger partial charge in [-0.25, -0.2) is 13.6 Å². The molecule has 4 rings (SSSR count). The van der Waals surface area contributed by atoms with Gasteiger partial charge in [-0.2, -0.15) is 13.2 Å². The molecule has 1 aliphatic heterocycles. The molecule has 1 aliphatic carbocycles. The largest absolute Gasteiger partial charge is 0.408 e. The van der Waals surface area contributed by atoms with Crippen LogP contribution in [0.4, 0.5) is 26.7 Å².